The number of benzene rings is 1. The molecule has 0 aliphatic carbocycles. The van der Waals surface area contributed by atoms with Crippen molar-refractivity contribution in [1.29, 1.82) is 0 Å². The molecular weight excluding hydrogens is 530 g/mol. The van der Waals surface area contributed by atoms with Crippen LogP contribution in [0.25, 0.3) is 20.4 Å². The van der Waals surface area contributed by atoms with Crippen molar-refractivity contribution >= 4 is 65.2 Å². The molecule has 0 N–H and O–H groups in total. The number of hydrogen-bond donors (Lipinski definition) is 0. The number of nitrogens with zero attached hydrogens (tertiary/aromatic N) is 3. The van der Waals surface area contributed by atoms with Gasteiger partial charge in [-0.05, 0) is 43.9 Å². The Labute approximate surface area is 215 Å². The van der Waals surface area contributed by atoms with Gasteiger partial charge in [-0.3, -0.25) is 4.79 Å². The van der Waals surface area contributed by atoms with E-state index >= 15 is 0 Å². The molecule has 0 spiro atoms. The van der Waals surface area contributed by atoms with Gasteiger partial charge >= 0.3 is 0 Å². The van der Waals surface area contributed by atoms with E-state index in [1.165, 1.54) is 22.9 Å². The average Bonchev–Trinajstić information content (AvgIpc) is 3.16. The van der Waals surface area contributed by atoms with E-state index in [-0.39, 0.29) is 11.4 Å². The van der Waals surface area contributed by atoms with Crippen molar-refractivity contribution in [2.75, 3.05) is 5.75 Å². The number of ketones is 1. The molecule has 1 aliphatic rings. The molecule has 0 bridgehead atoms. The molecule has 0 fully saturated rings. The summed E-state index contributed by atoms with van der Waals surface area (Å²) in [6.45, 7) is 9.31. The molecule has 1 aromatic carbocycles. The molecule has 34 heavy (non-hydrogen) atoms. The molecular formula is C26H26BrN3O2S2. The van der Waals surface area contributed by atoms with Crippen LogP contribution in [0.5, 0.6) is 0 Å². The minimum atomic E-state index is -0.230. The zero-order valence-electron chi connectivity index (χ0n) is 19.6. The van der Waals surface area contributed by atoms with E-state index in [0.717, 1.165) is 48.5 Å². The summed E-state index contributed by atoms with van der Waals surface area (Å²) in [5.74, 6) is 0.917. The number of pyridine rings is 1. The molecule has 0 saturated carbocycles. The average molecular weight is 557 g/mol. The Kier molecular flexibility index (Phi) is 6.52. The molecule has 4 heterocycles. The van der Waals surface area contributed by atoms with Crippen LogP contribution >= 0.6 is 39.0 Å². The van der Waals surface area contributed by atoms with Gasteiger partial charge in [0.2, 0.25) is 0 Å². The minimum Gasteiger partial charge on any atom is -0.370 e. The maximum atomic E-state index is 12.7. The van der Waals surface area contributed by atoms with Crippen molar-refractivity contribution in [3.05, 3.63) is 57.4 Å². The second-order valence-electron chi connectivity index (χ2n) is 9.70. The predicted molar refractivity (Wildman–Crippen MR) is 143 cm³/mol. The fourth-order valence-electron chi connectivity index (χ4n) is 4.36. The highest BCUT2D eigenvalue weighted by molar-refractivity contribution is 9.10. The number of Topliss-reactive ketones (excluding diaryl/α,β-unsaturated/α-hetero) is 1. The normalized spacial score (nSPS) is 15.2. The number of carbonyl (C=O) groups excluding carboxylic acids is 1. The molecule has 0 amide bonds. The molecule has 0 saturated heterocycles. The van der Waals surface area contributed by atoms with Crippen LogP contribution in [0.3, 0.4) is 0 Å². The Morgan fingerprint density at radius 2 is 1.97 bits per heavy atom. The highest BCUT2D eigenvalue weighted by atomic mass is 79.9. The summed E-state index contributed by atoms with van der Waals surface area (Å²) in [5.41, 5.74) is 5.07. The van der Waals surface area contributed by atoms with Crippen LogP contribution in [0.15, 0.2) is 40.1 Å². The third-order valence-corrected chi connectivity index (χ3v) is 8.72. The molecule has 8 heteroatoms. The largest absolute Gasteiger partial charge is 0.370 e. The Bertz CT molecular complexity index is 1400. The van der Waals surface area contributed by atoms with E-state index in [2.05, 4.69) is 53.6 Å². The van der Waals surface area contributed by atoms with Crippen LogP contribution in [0.4, 0.5) is 0 Å². The van der Waals surface area contributed by atoms with Gasteiger partial charge in [-0.25, -0.2) is 15.0 Å². The topological polar surface area (TPSA) is 65.0 Å². The second kappa shape index (κ2) is 9.30. The number of ether oxygens (including phenoxy) is 1. The van der Waals surface area contributed by atoms with E-state index < -0.39 is 0 Å². The summed E-state index contributed by atoms with van der Waals surface area (Å²) in [7, 11) is 0. The van der Waals surface area contributed by atoms with E-state index in [1.807, 2.05) is 24.3 Å². The quantitative estimate of drug-likeness (QED) is 0.144. The van der Waals surface area contributed by atoms with Crippen molar-refractivity contribution in [3.63, 3.8) is 0 Å². The maximum absolute atomic E-state index is 12.7. The van der Waals surface area contributed by atoms with E-state index in [9.17, 15) is 4.79 Å². The van der Waals surface area contributed by atoms with Gasteiger partial charge in [0, 0.05) is 33.1 Å². The summed E-state index contributed by atoms with van der Waals surface area (Å²) in [6.07, 6.45) is 3.36. The highest BCUT2D eigenvalue weighted by Crippen LogP contribution is 2.43. The molecule has 0 unspecified atom stereocenters. The summed E-state index contributed by atoms with van der Waals surface area (Å²) < 4.78 is 8.14. The third-order valence-electron chi connectivity index (χ3n) is 5.99. The number of rotatable bonds is 6. The van der Waals surface area contributed by atoms with Crippen LogP contribution in [-0.4, -0.2) is 32.1 Å². The molecule has 0 atom stereocenters. The molecule has 5 rings (SSSR count). The first-order chi connectivity index (χ1) is 16.2. The van der Waals surface area contributed by atoms with Gasteiger partial charge < -0.3 is 4.74 Å². The van der Waals surface area contributed by atoms with Gasteiger partial charge in [0.15, 0.2) is 5.78 Å². The first-order valence-corrected chi connectivity index (χ1v) is 13.9. The van der Waals surface area contributed by atoms with Crippen molar-refractivity contribution in [1.82, 2.24) is 15.0 Å². The molecule has 176 valence electrons. The fraction of sp³-hybridized carbons (Fsp3) is 0.385. The number of fused-ring (bicyclic) bond motifs is 5. The van der Waals surface area contributed by atoms with Crippen LogP contribution < -0.4 is 0 Å². The van der Waals surface area contributed by atoms with Crippen LogP contribution in [0, 0.1) is 5.92 Å². The number of aromatic nitrogens is 3. The van der Waals surface area contributed by atoms with Crippen molar-refractivity contribution in [2.24, 2.45) is 5.92 Å². The van der Waals surface area contributed by atoms with E-state index in [1.54, 1.807) is 17.7 Å². The lowest BCUT2D eigenvalue weighted by Crippen LogP contribution is -2.33. The standard InChI is InChI=1S/C26H26BrN3O2S2/c1-14(2)9-19-18-11-32-26(3,4)10-17(18)21-22-23(34-24(21)30-19)25(29-13-28-22)33-12-20(31)15-5-7-16(27)8-6-15/h5-8,13-14H,9-12H2,1-4H3. The Morgan fingerprint density at radius 1 is 1.21 bits per heavy atom. The Morgan fingerprint density at radius 3 is 2.71 bits per heavy atom. The monoisotopic (exact) mass is 555 g/mol. The summed E-state index contributed by atoms with van der Waals surface area (Å²) in [6, 6.07) is 7.47. The third kappa shape index (κ3) is 4.65. The molecule has 0 radical (unpaired) electrons. The number of thioether (sulfide) groups is 1. The number of carbonyl (C=O) groups is 1. The first-order valence-electron chi connectivity index (χ1n) is 11.3. The van der Waals surface area contributed by atoms with E-state index in [0.29, 0.717) is 23.8 Å². The van der Waals surface area contributed by atoms with Gasteiger partial charge in [-0.2, -0.15) is 0 Å². The Balaban J connectivity index is 1.57. The fourth-order valence-corrected chi connectivity index (χ4v) is 6.78. The number of halogens is 1. The summed E-state index contributed by atoms with van der Waals surface area (Å²) in [5, 5.41) is 1.96. The van der Waals surface area contributed by atoms with Gasteiger partial charge in [0.25, 0.3) is 0 Å². The van der Waals surface area contributed by atoms with Crippen molar-refractivity contribution in [3.8, 4) is 0 Å². The van der Waals surface area contributed by atoms with Gasteiger partial charge in [-0.1, -0.05) is 53.7 Å². The lowest BCUT2D eigenvalue weighted by Gasteiger charge is -2.33. The van der Waals surface area contributed by atoms with Crippen molar-refractivity contribution < 1.29 is 9.53 Å². The van der Waals surface area contributed by atoms with Gasteiger partial charge in [-0.15, -0.1) is 11.3 Å². The van der Waals surface area contributed by atoms with Gasteiger partial charge in [0.1, 0.15) is 16.2 Å². The number of thiophene rings is 1. The smallest absolute Gasteiger partial charge is 0.173 e. The molecule has 3 aromatic heterocycles. The van der Waals surface area contributed by atoms with Gasteiger partial charge in [0.05, 0.1) is 28.2 Å². The maximum Gasteiger partial charge on any atom is 0.173 e. The summed E-state index contributed by atoms with van der Waals surface area (Å²) in [4.78, 5) is 28.1. The molecule has 4 aromatic rings. The zero-order valence-corrected chi connectivity index (χ0v) is 22.9. The second-order valence-corrected chi connectivity index (χ2v) is 12.6. The Hall–Kier alpha value is -1.87. The molecule has 5 nitrogen and oxygen atoms in total. The summed E-state index contributed by atoms with van der Waals surface area (Å²) >= 11 is 6.53. The zero-order chi connectivity index (χ0) is 24.0. The van der Waals surface area contributed by atoms with Crippen LogP contribution in [0.2, 0.25) is 0 Å². The minimum absolute atomic E-state index is 0.0824. The number of hydrogen-bond acceptors (Lipinski definition) is 7. The first kappa shape index (κ1) is 23.9. The lowest BCUT2D eigenvalue weighted by atomic mass is 9.88. The van der Waals surface area contributed by atoms with E-state index in [4.69, 9.17) is 9.72 Å². The van der Waals surface area contributed by atoms with Crippen LogP contribution in [0.1, 0.15) is 54.9 Å². The predicted octanol–water partition coefficient (Wildman–Crippen LogP) is 7.03. The lowest BCUT2D eigenvalue weighted by molar-refractivity contribution is -0.0402. The van der Waals surface area contributed by atoms with Crippen LogP contribution in [-0.2, 0) is 24.2 Å². The molecule has 1 aliphatic heterocycles. The highest BCUT2D eigenvalue weighted by Gasteiger charge is 2.31. The SMILES string of the molecule is CC(C)Cc1nc2sc3c(SCC(=O)c4ccc(Br)cc4)ncnc3c2c2c1COC(C)(C)C2. The van der Waals surface area contributed by atoms with Crippen molar-refractivity contribution in [2.45, 2.75) is 57.8 Å².